The van der Waals surface area contributed by atoms with Gasteiger partial charge in [0.05, 0.1) is 11.0 Å². The van der Waals surface area contributed by atoms with Gasteiger partial charge in [0.1, 0.15) is 10.7 Å². The summed E-state index contributed by atoms with van der Waals surface area (Å²) in [5.74, 6) is 0. The third-order valence-corrected chi connectivity index (χ3v) is 6.63. The number of hydrogen-bond donors (Lipinski definition) is 1. The number of nitrogens with zero attached hydrogens (tertiary/aromatic N) is 4. The number of fused-ring (bicyclic) bond motifs is 2. The molecule has 1 N–H and O–H groups in total. The van der Waals surface area contributed by atoms with Crippen LogP contribution in [0.4, 0.5) is 18.2 Å². The highest BCUT2D eigenvalue weighted by Crippen LogP contribution is 2.39. The summed E-state index contributed by atoms with van der Waals surface area (Å²) in [5, 5.41) is 4.06. The molecular formula is C21H28Cl2F3N5OS. The van der Waals surface area contributed by atoms with Crippen molar-refractivity contribution >= 4 is 53.0 Å². The van der Waals surface area contributed by atoms with Crippen LogP contribution >= 0.6 is 36.2 Å². The predicted molar refractivity (Wildman–Crippen MR) is 129 cm³/mol. The highest BCUT2D eigenvalue weighted by atomic mass is 35.5. The van der Waals surface area contributed by atoms with Crippen LogP contribution in [0.2, 0.25) is 0 Å². The molecule has 4 rings (SSSR count). The molecule has 0 aromatic carbocycles. The number of nitrogens with one attached hydrogen (secondary N) is 1. The van der Waals surface area contributed by atoms with E-state index in [9.17, 15) is 13.2 Å². The molecule has 12 heteroatoms. The minimum Gasteiger partial charge on any atom is -0.385 e. The smallest absolute Gasteiger partial charge is 0.385 e. The Morgan fingerprint density at radius 3 is 2.76 bits per heavy atom. The number of ether oxygens (including phenoxy) is 1. The van der Waals surface area contributed by atoms with Crippen LogP contribution in [-0.2, 0) is 10.9 Å². The third-order valence-electron chi connectivity index (χ3n) is 5.60. The standard InChI is InChI=1S/C21H26F3N5OS.2ClH/c1-3-8-28-9-10-29(13-15(28)6-11-30-2)18-16-14(5-4-7-25-16)12-26-19-17(18)27-20(31-19)21(22,23)24;;/h4-5,7,12,15,26H,3,6,8-11,13H2,1-2H3;2*1H. The van der Waals surface area contributed by atoms with E-state index >= 15 is 0 Å². The van der Waals surface area contributed by atoms with Crippen molar-refractivity contribution in [3.8, 4) is 0 Å². The Balaban J connectivity index is 0.00000193. The summed E-state index contributed by atoms with van der Waals surface area (Å²) in [6.45, 7) is 6.00. The molecule has 1 unspecified atom stereocenters. The molecule has 2 aliphatic rings. The normalized spacial score (nSPS) is 18.2. The largest absolute Gasteiger partial charge is 0.443 e. The first kappa shape index (κ1) is 27.7. The molecule has 184 valence electrons. The Kier molecular flexibility index (Phi) is 9.81. The highest BCUT2D eigenvalue weighted by Gasteiger charge is 2.38. The number of halogens is 5. The SMILES string of the molecule is CCCN1CCN(C2=c3ncccc3=CNc3sc(C(F)(F)F)nc32)CC1CCOC.Cl.Cl. The van der Waals surface area contributed by atoms with Gasteiger partial charge in [0.25, 0.3) is 0 Å². The number of anilines is 1. The molecule has 2 aromatic rings. The molecule has 0 amide bonds. The molecule has 2 aliphatic heterocycles. The monoisotopic (exact) mass is 525 g/mol. The van der Waals surface area contributed by atoms with Gasteiger partial charge in [0.15, 0.2) is 0 Å². The van der Waals surface area contributed by atoms with Crippen molar-refractivity contribution in [2.75, 3.05) is 45.2 Å². The number of aromatic nitrogens is 2. The summed E-state index contributed by atoms with van der Waals surface area (Å²) in [6.07, 6.45) is 0.802. The number of rotatable bonds is 6. The van der Waals surface area contributed by atoms with Gasteiger partial charge in [0, 0.05) is 57.0 Å². The zero-order valence-corrected chi connectivity index (χ0v) is 20.8. The molecule has 0 bridgehead atoms. The fourth-order valence-corrected chi connectivity index (χ4v) is 4.99. The second-order valence-corrected chi connectivity index (χ2v) is 8.69. The van der Waals surface area contributed by atoms with Gasteiger partial charge in [-0.1, -0.05) is 18.3 Å². The lowest BCUT2D eigenvalue weighted by atomic mass is 10.1. The zero-order chi connectivity index (χ0) is 22.0. The van der Waals surface area contributed by atoms with Crippen molar-refractivity contribution in [2.45, 2.75) is 32.0 Å². The van der Waals surface area contributed by atoms with Gasteiger partial charge in [0.2, 0.25) is 5.01 Å². The fourth-order valence-electron chi connectivity index (χ4n) is 4.19. The van der Waals surface area contributed by atoms with E-state index in [1.54, 1.807) is 19.5 Å². The Morgan fingerprint density at radius 2 is 2.06 bits per heavy atom. The minimum atomic E-state index is -4.49. The van der Waals surface area contributed by atoms with Gasteiger partial charge >= 0.3 is 6.18 Å². The summed E-state index contributed by atoms with van der Waals surface area (Å²) >= 11 is 0.633. The quantitative estimate of drug-likeness (QED) is 0.625. The first-order chi connectivity index (χ1) is 14.9. The van der Waals surface area contributed by atoms with Crippen molar-refractivity contribution in [2.24, 2.45) is 0 Å². The maximum Gasteiger partial charge on any atom is 0.443 e. The highest BCUT2D eigenvalue weighted by molar-refractivity contribution is 7.16. The second kappa shape index (κ2) is 11.7. The Labute approximate surface area is 207 Å². The molecule has 0 spiro atoms. The molecule has 1 fully saturated rings. The molecule has 1 atom stereocenters. The molecule has 4 heterocycles. The van der Waals surface area contributed by atoms with Gasteiger partial charge in [-0.3, -0.25) is 9.88 Å². The number of pyridine rings is 1. The Bertz CT molecular complexity index is 1050. The van der Waals surface area contributed by atoms with Crippen LogP contribution in [0.1, 0.15) is 30.5 Å². The lowest BCUT2D eigenvalue weighted by Crippen LogP contribution is -2.54. The molecular weight excluding hydrogens is 498 g/mol. The van der Waals surface area contributed by atoms with E-state index in [2.05, 4.69) is 32.0 Å². The second-order valence-electron chi connectivity index (χ2n) is 7.69. The van der Waals surface area contributed by atoms with Crippen LogP contribution in [-0.4, -0.2) is 65.7 Å². The summed E-state index contributed by atoms with van der Waals surface area (Å²) in [4.78, 5) is 13.2. The molecule has 0 saturated carbocycles. The van der Waals surface area contributed by atoms with Crippen LogP contribution in [0.15, 0.2) is 18.3 Å². The van der Waals surface area contributed by atoms with E-state index in [0.29, 0.717) is 52.8 Å². The molecule has 0 radical (unpaired) electrons. The Hall–Kier alpha value is -1.59. The first-order valence-corrected chi connectivity index (χ1v) is 11.2. The van der Waals surface area contributed by atoms with E-state index in [4.69, 9.17) is 4.74 Å². The average molecular weight is 526 g/mol. The van der Waals surface area contributed by atoms with Crippen LogP contribution in [0, 0.1) is 0 Å². The van der Waals surface area contributed by atoms with Crippen LogP contribution < -0.4 is 15.9 Å². The maximum absolute atomic E-state index is 13.4. The van der Waals surface area contributed by atoms with Crippen molar-refractivity contribution in [1.29, 1.82) is 0 Å². The number of piperazine rings is 1. The summed E-state index contributed by atoms with van der Waals surface area (Å²) in [7, 11) is 1.69. The van der Waals surface area contributed by atoms with Gasteiger partial charge in [-0.25, -0.2) is 4.98 Å². The van der Waals surface area contributed by atoms with E-state index in [1.165, 1.54) is 0 Å². The average Bonchev–Trinajstić information content (AvgIpc) is 3.11. The van der Waals surface area contributed by atoms with E-state index in [1.807, 2.05) is 12.1 Å². The van der Waals surface area contributed by atoms with E-state index in [0.717, 1.165) is 31.1 Å². The van der Waals surface area contributed by atoms with Gasteiger partial charge in [-0.15, -0.1) is 24.8 Å². The van der Waals surface area contributed by atoms with Crippen LogP contribution in [0.5, 0.6) is 0 Å². The molecule has 2 aromatic heterocycles. The number of alkyl halides is 3. The maximum atomic E-state index is 13.4. The molecule has 33 heavy (non-hydrogen) atoms. The van der Waals surface area contributed by atoms with Crippen molar-refractivity contribution < 1.29 is 17.9 Å². The molecule has 6 nitrogen and oxygen atoms in total. The first-order valence-electron chi connectivity index (χ1n) is 10.4. The zero-order valence-electron chi connectivity index (χ0n) is 18.4. The third kappa shape index (κ3) is 5.92. The Morgan fingerprint density at radius 1 is 1.27 bits per heavy atom. The molecule has 0 aliphatic carbocycles. The van der Waals surface area contributed by atoms with E-state index in [-0.39, 0.29) is 30.9 Å². The summed E-state index contributed by atoms with van der Waals surface area (Å²) in [6, 6.07) is 3.98. The van der Waals surface area contributed by atoms with Gasteiger partial charge < -0.3 is 15.0 Å². The number of methoxy groups -OCH3 is 1. The fraction of sp³-hybridized carbons (Fsp3) is 0.524. The van der Waals surface area contributed by atoms with Crippen LogP contribution in [0.3, 0.4) is 0 Å². The minimum absolute atomic E-state index is 0. The van der Waals surface area contributed by atoms with E-state index < -0.39 is 11.2 Å². The van der Waals surface area contributed by atoms with Crippen molar-refractivity contribution in [3.05, 3.63) is 39.6 Å². The number of hydrogen-bond acceptors (Lipinski definition) is 7. The summed E-state index contributed by atoms with van der Waals surface area (Å²) < 4.78 is 45.6. The predicted octanol–water partition coefficient (Wildman–Crippen LogP) is 3.15. The van der Waals surface area contributed by atoms with Crippen LogP contribution in [0.25, 0.3) is 11.9 Å². The topological polar surface area (TPSA) is 53.5 Å². The summed E-state index contributed by atoms with van der Waals surface area (Å²) in [5.41, 5.74) is 0.984. The molecule has 1 saturated heterocycles. The van der Waals surface area contributed by atoms with Crippen molar-refractivity contribution in [3.63, 3.8) is 0 Å². The van der Waals surface area contributed by atoms with Gasteiger partial charge in [-0.05, 0) is 31.5 Å². The lowest BCUT2D eigenvalue weighted by molar-refractivity contribution is -0.137. The van der Waals surface area contributed by atoms with Gasteiger partial charge in [-0.2, -0.15) is 13.2 Å². The van der Waals surface area contributed by atoms with Crippen molar-refractivity contribution in [1.82, 2.24) is 19.8 Å². The number of thiazole rings is 1. The lowest BCUT2D eigenvalue weighted by Gasteiger charge is -2.43.